The van der Waals surface area contributed by atoms with Crippen molar-refractivity contribution < 1.29 is 0 Å². The van der Waals surface area contributed by atoms with E-state index in [2.05, 4.69) is 46.7 Å². The molecule has 1 aromatic rings. The van der Waals surface area contributed by atoms with Crippen molar-refractivity contribution in [1.29, 1.82) is 0 Å². The summed E-state index contributed by atoms with van der Waals surface area (Å²) in [5.41, 5.74) is 1.38. The number of rotatable bonds is 5. The van der Waals surface area contributed by atoms with Crippen LogP contribution in [0.3, 0.4) is 0 Å². The van der Waals surface area contributed by atoms with E-state index in [1.165, 1.54) is 64.0 Å². The Hall–Kier alpha value is -0.620. The van der Waals surface area contributed by atoms with Crippen LogP contribution in [-0.4, -0.2) is 66.4 Å². The number of aromatic nitrogens is 2. The fraction of sp³-hybridized carbons (Fsp3) is 0.833. The zero-order chi connectivity index (χ0) is 16.2. The van der Waals surface area contributed by atoms with Gasteiger partial charge in [0.2, 0.25) is 0 Å². The van der Waals surface area contributed by atoms with Gasteiger partial charge in [0.15, 0.2) is 0 Å². The highest BCUT2D eigenvalue weighted by molar-refractivity contribution is 5.85. The summed E-state index contributed by atoms with van der Waals surface area (Å²) in [4.78, 5) is 5.10. The lowest BCUT2D eigenvalue weighted by molar-refractivity contribution is 0.0882. The molecule has 2 saturated heterocycles. The van der Waals surface area contributed by atoms with Crippen molar-refractivity contribution in [3.05, 3.63) is 18.0 Å². The Morgan fingerprint density at radius 2 is 2.08 bits per heavy atom. The number of likely N-dealkylation sites (tertiary alicyclic amines) is 1. The molecule has 0 spiro atoms. The molecule has 2 fully saturated rings. The van der Waals surface area contributed by atoms with Crippen LogP contribution in [0.2, 0.25) is 0 Å². The third-order valence-electron chi connectivity index (χ3n) is 5.59. The van der Waals surface area contributed by atoms with Crippen molar-refractivity contribution in [2.75, 3.05) is 46.8 Å². The summed E-state index contributed by atoms with van der Waals surface area (Å²) in [7, 11) is 6.60. The quantitative estimate of drug-likeness (QED) is 0.878. The zero-order valence-corrected chi connectivity index (χ0v) is 16.3. The molecular formula is C18H34ClN5. The van der Waals surface area contributed by atoms with Gasteiger partial charge in [-0.05, 0) is 71.2 Å². The zero-order valence-electron chi connectivity index (χ0n) is 15.4. The number of hydrogen-bond acceptors (Lipinski definition) is 4. The maximum absolute atomic E-state index is 4.40. The Morgan fingerprint density at radius 1 is 1.25 bits per heavy atom. The largest absolute Gasteiger partial charge is 0.316 e. The maximum atomic E-state index is 4.40. The van der Waals surface area contributed by atoms with E-state index in [1.54, 1.807) is 0 Å². The summed E-state index contributed by atoms with van der Waals surface area (Å²) < 4.78 is 1.94. The summed E-state index contributed by atoms with van der Waals surface area (Å²) in [6.45, 7) is 6.03. The second-order valence-electron chi connectivity index (χ2n) is 7.71. The van der Waals surface area contributed by atoms with E-state index in [0.29, 0.717) is 12.0 Å². The van der Waals surface area contributed by atoms with Crippen molar-refractivity contribution in [3.63, 3.8) is 0 Å². The summed E-state index contributed by atoms with van der Waals surface area (Å²) in [5, 5.41) is 7.94. The van der Waals surface area contributed by atoms with Crippen LogP contribution in [0.1, 0.15) is 37.3 Å². The first-order valence-electron chi connectivity index (χ1n) is 9.21. The lowest BCUT2D eigenvalue weighted by Gasteiger charge is -2.41. The second-order valence-corrected chi connectivity index (χ2v) is 7.71. The summed E-state index contributed by atoms with van der Waals surface area (Å²) in [6, 6.07) is 0.518. The third-order valence-corrected chi connectivity index (χ3v) is 5.59. The highest BCUT2D eigenvalue weighted by Crippen LogP contribution is 2.35. The Labute approximate surface area is 153 Å². The second kappa shape index (κ2) is 9.18. The van der Waals surface area contributed by atoms with Gasteiger partial charge >= 0.3 is 0 Å². The van der Waals surface area contributed by atoms with Gasteiger partial charge in [-0.15, -0.1) is 12.4 Å². The molecule has 0 radical (unpaired) electrons. The Kier molecular flexibility index (Phi) is 7.54. The first-order chi connectivity index (χ1) is 11.1. The smallest absolute Gasteiger partial charge is 0.0537 e. The van der Waals surface area contributed by atoms with Crippen LogP contribution in [0.25, 0.3) is 0 Å². The van der Waals surface area contributed by atoms with Crippen LogP contribution < -0.4 is 5.32 Å². The average Bonchev–Trinajstić information content (AvgIpc) is 2.94. The van der Waals surface area contributed by atoms with E-state index in [9.17, 15) is 0 Å². The van der Waals surface area contributed by atoms with Gasteiger partial charge in [-0.2, -0.15) is 5.10 Å². The van der Waals surface area contributed by atoms with Gasteiger partial charge in [0.25, 0.3) is 0 Å². The fourth-order valence-electron chi connectivity index (χ4n) is 4.57. The number of halogens is 1. The molecule has 3 heterocycles. The lowest BCUT2D eigenvalue weighted by Crippen LogP contribution is -2.43. The molecule has 1 unspecified atom stereocenters. The Balaban J connectivity index is 0.00000208. The van der Waals surface area contributed by atoms with Crippen LogP contribution in [0.15, 0.2) is 12.4 Å². The molecule has 138 valence electrons. The molecule has 3 atom stereocenters. The molecule has 5 nitrogen and oxygen atoms in total. The minimum absolute atomic E-state index is 0. The molecule has 0 saturated carbocycles. The van der Waals surface area contributed by atoms with Crippen LogP contribution in [0, 0.1) is 11.8 Å². The predicted molar refractivity (Wildman–Crippen MR) is 102 cm³/mol. The monoisotopic (exact) mass is 355 g/mol. The van der Waals surface area contributed by atoms with Gasteiger partial charge < -0.3 is 10.2 Å². The molecule has 3 rings (SSSR count). The van der Waals surface area contributed by atoms with Crippen molar-refractivity contribution in [2.45, 2.75) is 31.7 Å². The van der Waals surface area contributed by atoms with E-state index < -0.39 is 0 Å². The highest BCUT2D eigenvalue weighted by Gasteiger charge is 2.32. The van der Waals surface area contributed by atoms with E-state index in [-0.39, 0.29) is 12.4 Å². The molecule has 0 amide bonds. The van der Waals surface area contributed by atoms with E-state index >= 15 is 0 Å². The highest BCUT2D eigenvalue weighted by atomic mass is 35.5. The maximum Gasteiger partial charge on any atom is 0.0537 e. The number of nitrogens with one attached hydrogen (secondary N) is 1. The summed E-state index contributed by atoms with van der Waals surface area (Å²) in [5.74, 6) is 1.53. The van der Waals surface area contributed by atoms with Gasteiger partial charge in [-0.25, -0.2) is 0 Å². The molecule has 1 N–H and O–H groups in total. The van der Waals surface area contributed by atoms with Crippen molar-refractivity contribution in [1.82, 2.24) is 24.9 Å². The van der Waals surface area contributed by atoms with E-state index in [4.69, 9.17) is 0 Å². The van der Waals surface area contributed by atoms with Gasteiger partial charge in [0.05, 0.1) is 6.20 Å². The Morgan fingerprint density at radius 3 is 2.75 bits per heavy atom. The molecule has 0 aromatic carbocycles. The van der Waals surface area contributed by atoms with Gasteiger partial charge in [0.1, 0.15) is 0 Å². The van der Waals surface area contributed by atoms with Crippen LogP contribution in [0.5, 0.6) is 0 Å². The molecule has 2 aliphatic heterocycles. The molecule has 0 bridgehead atoms. The molecule has 6 heteroatoms. The van der Waals surface area contributed by atoms with Crippen molar-refractivity contribution >= 4 is 12.4 Å². The topological polar surface area (TPSA) is 36.3 Å². The number of aryl methyl sites for hydroxylation is 1. The molecule has 1 aromatic heterocycles. The van der Waals surface area contributed by atoms with Gasteiger partial charge in [-0.1, -0.05) is 0 Å². The van der Waals surface area contributed by atoms with Gasteiger partial charge in [-0.3, -0.25) is 9.58 Å². The number of piperidine rings is 2. The van der Waals surface area contributed by atoms with Crippen LogP contribution >= 0.6 is 12.4 Å². The van der Waals surface area contributed by atoms with Gasteiger partial charge in [0, 0.05) is 37.9 Å². The molecule has 2 aliphatic rings. The summed E-state index contributed by atoms with van der Waals surface area (Å²) in [6.07, 6.45) is 9.62. The number of hydrogen-bond donors (Lipinski definition) is 1. The lowest BCUT2D eigenvalue weighted by atomic mass is 9.85. The van der Waals surface area contributed by atoms with E-state index in [1.807, 2.05) is 11.7 Å². The minimum atomic E-state index is 0. The average molecular weight is 356 g/mol. The number of nitrogens with zero attached hydrogens (tertiary/aromatic N) is 4. The molecule has 24 heavy (non-hydrogen) atoms. The first-order valence-corrected chi connectivity index (χ1v) is 9.21. The normalized spacial score (nSPS) is 28.8. The third kappa shape index (κ3) is 4.94. The van der Waals surface area contributed by atoms with E-state index in [0.717, 1.165) is 5.92 Å². The van der Waals surface area contributed by atoms with Crippen molar-refractivity contribution in [3.8, 4) is 0 Å². The predicted octanol–water partition coefficient (Wildman–Crippen LogP) is 2.16. The Bertz CT molecular complexity index is 486. The first kappa shape index (κ1) is 19.7. The summed E-state index contributed by atoms with van der Waals surface area (Å²) >= 11 is 0. The molecule has 0 aliphatic carbocycles. The van der Waals surface area contributed by atoms with Crippen LogP contribution in [-0.2, 0) is 7.05 Å². The van der Waals surface area contributed by atoms with Crippen molar-refractivity contribution in [2.24, 2.45) is 18.9 Å². The minimum Gasteiger partial charge on any atom is -0.316 e. The molecular weight excluding hydrogens is 322 g/mol. The fourth-order valence-corrected chi connectivity index (χ4v) is 4.57. The standard InChI is InChI=1S/C18H33N5.ClH/c1-21(12-15-6-4-8-19-10-15)13-16-7-5-9-22(2)18(16)17-11-20-23(3)14-17;/h11,14-16,18-19H,4-10,12-13H2,1-3H3;1H/t15?,16-,18+;/m0./s1. The SMILES string of the molecule is CN(CC1CCCNC1)C[C@@H]1CCCN(C)[C@H]1c1cnn(C)c1.Cl. The van der Waals surface area contributed by atoms with Crippen LogP contribution in [0.4, 0.5) is 0 Å².